The van der Waals surface area contributed by atoms with Gasteiger partial charge in [-0.25, -0.2) is 0 Å². The van der Waals surface area contributed by atoms with Gasteiger partial charge in [0.1, 0.15) is 0 Å². The maximum atomic E-state index is 9.39. The van der Waals surface area contributed by atoms with Crippen molar-refractivity contribution in [2.75, 3.05) is 13.2 Å². The van der Waals surface area contributed by atoms with Crippen molar-refractivity contribution in [3.05, 3.63) is 0 Å². The second-order valence-corrected chi connectivity index (χ2v) is 5.17. The molecule has 0 unspecified atom stereocenters. The predicted molar refractivity (Wildman–Crippen MR) is 51.4 cm³/mol. The molecule has 3 fully saturated rings. The molecule has 2 nitrogen and oxygen atoms in total. The first-order valence-corrected chi connectivity index (χ1v) is 5.46. The molecule has 0 aromatic rings. The van der Waals surface area contributed by atoms with Gasteiger partial charge in [0.05, 0.1) is 0 Å². The van der Waals surface area contributed by atoms with Gasteiger partial charge in [0.15, 0.2) is 0 Å². The van der Waals surface area contributed by atoms with Gasteiger partial charge in [-0.3, -0.25) is 0 Å². The maximum absolute atomic E-state index is 9.39. The van der Waals surface area contributed by atoms with Crippen LogP contribution in [0.3, 0.4) is 0 Å². The molecule has 0 radical (unpaired) electrons. The van der Waals surface area contributed by atoms with Crippen LogP contribution in [0.5, 0.6) is 0 Å². The lowest BCUT2D eigenvalue weighted by Crippen LogP contribution is -2.35. The number of rotatable bonds is 2. The van der Waals surface area contributed by atoms with E-state index in [0.717, 1.165) is 25.7 Å². The zero-order valence-electron chi connectivity index (χ0n) is 8.26. The molecule has 2 N–H and O–H groups in total. The zero-order valence-corrected chi connectivity index (χ0v) is 8.26. The smallest absolute Gasteiger partial charge is 0.0487 e. The van der Waals surface area contributed by atoms with Crippen LogP contribution in [0.15, 0.2) is 0 Å². The molecule has 0 aromatic heterocycles. The summed E-state index contributed by atoms with van der Waals surface area (Å²) in [6.07, 6.45) is 8.06. The summed E-state index contributed by atoms with van der Waals surface area (Å²) in [6.45, 7) is 0.711. The van der Waals surface area contributed by atoms with E-state index in [2.05, 4.69) is 0 Å². The third-order valence-corrected chi connectivity index (χ3v) is 4.46. The van der Waals surface area contributed by atoms with E-state index in [1.54, 1.807) is 0 Å². The number of fused-ring (bicyclic) bond motifs is 4. The van der Waals surface area contributed by atoms with Crippen LogP contribution in [0.4, 0.5) is 0 Å². The van der Waals surface area contributed by atoms with Crippen LogP contribution in [0.2, 0.25) is 0 Å². The first kappa shape index (κ1) is 9.47. The Morgan fingerprint density at radius 2 is 1.08 bits per heavy atom. The number of aliphatic hydroxyl groups is 2. The minimum Gasteiger partial charge on any atom is -0.396 e. The number of hydrogen-bond donors (Lipinski definition) is 2. The minimum atomic E-state index is 0.231. The fourth-order valence-corrected chi connectivity index (χ4v) is 3.12. The number of hydrogen-bond acceptors (Lipinski definition) is 2. The molecule has 2 bridgehead atoms. The Kier molecular flexibility index (Phi) is 2.37. The van der Waals surface area contributed by atoms with Crippen molar-refractivity contribution in [2.24, 2.45) is 10.8 Å². The average Bonchev–Trinajstić information content (AvgIpc) is 2.49. The summed E-state index contributed by atoms with van der Waals surface area (Å²) in [5, 5.41) is 18.8. The van der Waals surface area contributed by atoms with Gasteiger partial charge in [-0.2, -0.15) is 0 Å². The van der Waals surface area contributed by atoms with Gasteiger partial charge in [-0.15, -0.1) is 0 Å². The average molecular weight is 184 g/mol. The maximum Gasteiger partial charge on any atom is 0.0487 e. The molecule has 3 aliphatic rings. The summed E-state index contributed by atoms with van der Waals surface area (Å²) < 4.78 is 0. The molecule has 0 aliphatic heterocycles. The molecule has 76 valence electrons. The van der Waals surface area contributed by atoms with Crippen LogP contribution in [0, 0.1) is 10.8 Å². The number of aliphatic hydroxyl groups excluding tert-OH is 2. The van der Waals surface area contributed by atoms with Gasteiger partial charge in [-0.1, -0.05) is 6.42 Å². The highest BCUT2D eigenvalue weighted by Crippen LogP contribution is 2.53. The molecule has 2 heteroatoms. The molecule has 0 saturated heterocycles. The Morgan fingerprint density at radius 1 is 0.692 bits per heavy atom. The second kappa shape index (κ2) is 3.25. The van der Waals surface area contributed by atoms with Gasteiger partial charge >= 0.3 is 0 Å². The lowest BCUT2D eigenvalue weighted by Gasteiger charge is -2.41. The fourth-order valence-electron chi connectivity index (χ4n) is 3.12. The predicted octanol–water partition coefficient (Wildman–Crippen LogP) is 1.70. The van der Waals surface area contributed by atoms with Gasteiger partial charge in [0.25, 0.3) is 0 Å². The molecular weight excluding hydrogens is 164 g/mol. The largest absolute Gasteiger partial charge is 0.396 e. The molecule has 0 spiro atoms. The van der Waals surface area contributed by atoms with Crippen molar-refractivity contribution in [3.63, 3.8) is 0 Å². The molecule has 3 aliphatic carbocycles. The van der Waals surface area contributed by atoms with E-state index in [1.165, 1.54) is 19.3 Å². The van der Waals surface area contributed by atoms with Crippen molar-refractivity contribution in [3.8, 4) is 0 Å². The Balaban J connectivity index is 2.13. The standard InChI is InChI=1S/C11H20O2/c12-8-10-2-1-3-11(9-13,6-4-10)7-5-10/h12-13H,1-9H2. The fraction of sp³-hybridized carbons (Fsp3) is 1.00. The van der Waals surface area contributed by atoms with E-state index in [-0.39, 0.29) is 10.8 Å². The van der Waals surface area contributed by atoms with E-state index < -0.39 is 0 Å². The normalized spacial score (nSPS) is 44.8. The molecular formula is C11H20O2. The first-order valence-electron chi connectivity index (χ1n) is 5.46. The van der Waals surface area contributed by atoms with Gasteiger partial charge in [0.2, 0.25) is 0 Å². The Labute approximate surface area is 80.0 Å². The van der Waals surface area contributed by atoms with Gasteiger partial charge < -0.3 is 10.2 Å². The van der Waals surface area contributed by atoms with Crippen LogP contribution >= 0.6 is 0 Å². The highest BCUT2D eigenvalue weighted by atomic mass is 16.3. The minimum absolute atomic E-state index is 0.231. The second-order valence-electron chi connectivity index (χ2n) is 5.17. The molecule has 3 rings (SSSR count). The van der Waals surface area contributed by atoms with Crippen LogP contribution in [0.25, 0.3) is 0 Å². The summed E-state index contributed by atoms with van der Waals surface area (Å²) in [5.41, 5.74) is 0.463. The molecule has 3 saturated carbocycles. The SMILES string of the molecule is OCC12CCCC(CO)(CC1)CC2. The van der Waals surface area contributed by atoms with Gasteiger partial charge in [0, 0.05) is 13.2 Å². The quantitative estimate of drug-likeness (QED) is 0.685. The summed E-state index contributed by atoms with van der Waals surface area (Å²) >= 11 is 0. The van der Waals surface area contributed by atoms with E-state index in [1.807, 2.05) is 0 Å². The summed E-state index contributed by atoms with van der Waals surface area (Å²) in [7, 11) is 0. The molecule has 13 heavy (non-hydrogen) atoms. The van der Waals surface area contributed by atoms with E-state index in [4.69, 9.17) is 0 Å². The highest BCUT2D eigenvalue weighted by molar-refractivity contribution is 4.95. The van der Waals surface area contributed by atoms with Crippen molar-refractivity contribution < 1.29 is 10.2 Å². The summed E-state index contributed by atoms with van der Waals surface area (Å²) in [4.78, 5) is 0. The van der Waals surface area contributed by atoms with Crippen LogP contribution in [-0.4, -0.2) is 23.4 Å². The Hall–Kier alpha value is -0.0800. The van der Waals surface area contributed by atoms with E-state index >= 15 is 0 Å². The Bertz CT molecular complexity index is 161. The topological polar surface area (TPSA) is 40.5 Å². The molecule has 0 aromatic carbocycles. The lowest BCUT2D eigenvalue weighted by molar-refractivity contribution is 0.0180. The van der Waals surface area contributed by atoms with Crippen LogP contribution in [0.1, 0.15) is 44.9 Å². The Morgan fingerprint density at radius 3 is 1.38 bits per heavy atom. The van der Waals surface area contributed by atoms with E-state index in [9.17, 15) is 10.2 Å². The van der Waals surface area contributed by atoms with Crippen molar-refractivity contribution >= 4 is 0 Å². The van der Waals surface area contributed by atoms with Gasteiger partial charge in [-0.05, 0) is 49.4 Å². The molecule has 0 atom stereocenters. The van der Waals surface area contributed by atoms with Crippen molar-refractivity contribution in [1.82, 2.24) is 0 Å². The third-order valence-electron chi connectivity index (χ3n) is 4.46. The first-order chi connectivity index (χ1) is 6.24. The monoisotopic (exact) mass is 184 g/mol. The van der Waals surface area contributed by atoms with Crippen molar-refractivity contribution in [2.45, 2.75) is 44.9 Å². The van der Waals surface area contributed by atoms with Crippen LogP contribution in [-0.2, 0) is 0 Å². The van der Waals surface area contributed by atoms with Crippen molar-refractivity contribution in [1.29, 1.82) is 0 Å². The third kappa shape index (κ3) is 1.50. The molecule has 0 heterocycles. The molecule has 0 amide bonds. The lowest BCUT2D eigenvalue weighted by atomic mass is 9.66. The summed E-state index contributed by atoms with van der Waals surface area (Å²) in [6, 6.07) is 0. The van der Waals surface area contributed by atoms with E-state index in [0.29, 0.717) is 13.2 Å². The highest BCUT2D eigenvalue weighted by Gasteiger charge is 2.44. The zero-order chi connectivity index (χ0) is 9.36. The van der Waals surface area contributed by atoms with Crippen LogP contribution < -0.4 is 0 Å². The summed E-state index contributed by atoms with van der Waals surface area (Å²) in [5.74, 6) is 0.